The van der Waals surface area contributed by atoms with Gasteiger partial charge >= 0.3 is 0 Å². The van der Waals surface area contributed by atoms with E-state index in [-0.39, 0.29) is 0 Å². The zero-order chi connectivity index (χ0) is 18.6. The average Bonchev–Trinajstić information content (AvgIpc) is 2.38. The minimum Gasteiger partial charge on any atom is -0.0602 e. The summed E-state index contributed by atoms with van der Waals surface area (Å²) in [6, 6.07) is 7.41. The standard InChI is InChI=1S/C24H42/c1-22(2,3)13-10-19-16-20(11-14-23(4,5)6)18-21(17-19)12-15-24(7,8)9/h16-18H,10-15H2,1-9H3. The fraction of sp³-hybridized carbons (Fsp3) is 0.750. The van der Waals surface area contributed by atoms with Crippen molar-refractivity contribution in [3.63, 3.8) is 0 Å². The summed E-state index contributed by atoms with van der Waals surface area (Å²) in [7, 11) is 0. The third-order valence-electron chi connectivity index (χ3n) is 4.60. The molecule has 0 nitrogen and oxygen atoms in total. The second-order valence-electron chi connectivity index (χ2n) is 11.3. The van der Waals surface area contributed by atoms with Gasteiger partial charge in [-0.2, -0.15) is 0 Å². The van der Waals surface area contributed by atoms with Crippen LogP contribution < -0.4 is 0 Å². The van der Waals surface area contributed by atoms with E-state index in [1.54, 1.807) is 16.7 Å². The summed E-state index contributed by atoms with van der Waals surface area (Å²) in [6.07, 6.45) is 7.39. The predicted molar refractivity (Wildman–Crippen MR) is 110 cm³/mol. The van der Waals surface area contributed by atoms with Gasteiger partial charge in [0.2, 0.25) is 0 Å². The molecular weight excluding hydrogens is 288 g/mol. The van der Waals surface area contributed by atoms with E-state index in [0.717, 1.165) is 0 Å². The normalized spacial score (nSPS) is 13.4. The molecule has 0 fully saturated rings. The molecule has 0 heteroatoms. The fourth-order valence-corrected chi connectivity index (χ4v) is 2.83. The van der Waals surface area contributed by atoms with E-state index in [0.29, 0.717) is 16.2 Å². The van der Waals surface area contributed by atoms with Crippen LogP contribution >= 0.6 is 0 Å². The molecule has 0 bridgehead atoms. The Bertz CT molecular complexity index is 412. The average molecular weight is 331 g/mol. The molecule has 24 heavy (non-hydrogen) atoms. The van der Waals surface area contributed by atoms with Gasteiger partial charge < -0.3 is 0 Å². The lowest BCUT2D eigenvalue weighted by molar-refractivity contribution is 0.374. The maximum absolute atomic E-state index is 2.47. The summed E-state index contributed by atoms with van der Waals surface area (Å²) >= 11 is 0. The van der Waals surface area contributed by atoms with E-state index in [1.807, 2.05) is 0 Å². The van der Waals surface area contributed by atoms with Crippen molar-refractivity contribution in [2.24, 2.45) is 16.2 Å². The molecule has 138 valence electrons. The van der Waals surface area contributed by atoms with Gasteiger partial charge in [0, 0.05) is 0 Å². The molecule has 1 rings (SSSR count). The molecule has 0 heterocycles. The van der Waals surface area contributed by atoms with Crippen molar-refractivity contribution in [1.29, 1.82) is 0 Å². The number of aryl methyl sites for hydroxylation is 3. The minimum atomic E-state index is 0.410. The molecule has 0 unspecified atom stereocenters. The Morgan fingerprint density at radius 2 is 0.667 bits per heavy atom. The first-order valence-corrected chi connectivity index (χ1v) is 9.85. The quantitative estimate of drug-likeness (QED) is 0.503. The first-order chi connectivity index (χ1) is 10.7. The largest absolute Gasteiger partial charge is 0.0602 e. The molecule has 0 saturated heterocycles. The highest BCUT2D eigenvalue weighted by atomic mass is 14.2. The maximum atomic E-state index is 2.47. The van der Waals surface area contributed by atoms with Crippen molar-refractivity contribution in [3.05, 3.63) is 34.9 Å². The molecule has 0 aliphatic heterocycles. The highest BCUT2D eigenvalue weighted by molar-refractivity contribution is 5.31. The maximum Gasteiger partial charge on any atom is -0.0274 e. The lowest BCUT2D eigenvalue weighted by Gasteiger charge is -2.21. The van der Waals surface area contributed by atoms with Gasteiger partial charge in [0.05, 0.1) is 0 Å². The van der Waals surface area contributed by atoms with E-state index in [2.05, 4.69) is 80.5 Å². The topological polar surface area (TPSA) is 0 Å². The van der Waals surface area contributed by atoms with Crippen LogP contribution in [0.15, 0.2) is 18.2 Å². The highest BCUT2D eigenvalue weighted by Gasteiger charge is 2.14. The number of rotatable bonds is 6. The van der Waals surface area contributed by atoms with Gasteiger partial charge in [-0.15, -0.1) is 0 Å². The summed E-state index contributed by atoms with van der Waals surface area (Å²) in [5.41, 5.74) is 5.85. The van der Waals surface area contributed by atoms with Crippen LogP contribution in [0.5, 0.6) is 0 Å². The Labute approximate surface area is 152 Å². The van der Waals surface area contributed by atoms with Gasteiger partial charge in [0.25, 0.3) is 0 Å². The van der Waals surface area contributed by atoms with Gasteiger partial charge in [-0.05, 0) is 71.5 Å². The minimum absolute atomic E-state index is 0.410. The smallest absolute Gasteiger partial charge is 0.0274 e. The van der Waals surface area contributed by atoms with E-state index in [4.69, 9.17) is 0 Å². The third-order valence-corrected chi connectivity index (χ3v) is 4.60. The van der Waals surface area contributed by atoms with Crippen molar-refractivity contribution in [2.75, 3.05) is 0 Å². The second-order valence-corrected chi connectivity index (χ2v) is 11.3. The number of hydrogen-bond acceptors (Lipinski definition) is 0. The Hall–Kier alpha value is -0.780. The van der Waals surface area contributed by atoms with Crippen LogP contribution in [-0.4, -0.2) is 0 Å². The van der Waals surface area contributed by atoms with E-state index in [9.17, 15) is 0 Å². The monoisotopic (exact) mass is 330 g/mol. The summed E-state index contributed by atoms with van der Waals surface area (Å²) in [5.74, 6) is 0. The van der Waals surface area contributed by atoms with Crippen molar-refractivity contribution in [2.45, 2.75) is 101 Å². The Morgan fingerprint density at radius 3 is 0.833 bits per heavy atom. The Balaban J connectivity index is 2.91. The molecule has 1 aromatic carbocycles. The van der Waals surface area contributed by atoms with E-state index >= 15 is 0 Å². The fourth-order valence-electron chi connectivity index (χ4n) is 2.83. The molecular formula is C24H42. The SMILES string of the molecule is CC(C)(C)CCc1cc(CCC(C)(C)C)cc(CCC(C)(C)C)c1. The summed E-state index contributed by atoms with van der Waals surface area (Å²) < 4.78 is 0. The molecule has 0 aromatic heterocycles. The molecule has 0 amide bonds. The first kappa shape index (κ1) is 21.3. The zero-order valence-electron chi connectivity index (χ0n) is 18.0. The number of hydrogen-bond donors (Lipinski definition) is 0. The highest BCUT2D eigenvalue weighted by Crippen LogP contribution is 2.27. The van der Waals surface area contributed by atoms with Crippen LogP contribution in [0.25, 0.3) is 0 Å². The van der Waals surface area contributed by atoms with Gasteiger partial charge in [-0.3, -0.25) is 0 Å². The van der Waals surface area contributed by atoms with Crippen molar-refractivity contribution < 1.29 is 0 Å². The van der Waals surface area contributed by atoms with Gasteiger partial charge in [0.15, 0.2) is 0 Å². The molecule has 0 atom stereocenters. The second kappa shape index (κ2) is 8.07. The van der Waals surface area contributed by atoms with Crippen LogP contribution in [0.4, 0.5) is 0 Å². The van der Waals surface area contributed by atoms with E-state index < -0.39 is 0 Å². The first-order valence-electron chi connectivity index (χ1n) is 9.85. The molecule has 0 N–H and O–H groups in total. The zero-order valence-corrected chi connectivity index (χ0v) is 18.0. The van der Waals surface area contributed by atoms with Crippen LogP contribution in [0.1, 0.15) is 98.3 Å². The van der Waals surface area contributed by atoms with Crippen LogP contribution in [-0.2, 0) is 19.3 Å². The Morgan fingerprint density at radius 1 is 0.458 bits per heavy atom. The van der Waals surface area contributed by atoms with E-state index in [1.165, 1.54) is 38.5 Å². The van der Waals surface area contributed by atoms with Gasteiger partial charge in [-0.25, -0.2) is 0 Å². The third kappa shape index (κ3) is 10.2. The molecule has 0 aliphatic carbocycles. The summed E-state index contributed by atoms with van der Waals surface area (Å²) in [6.45, 7) is 21.1. The lowest BCUT2D eigenvalue weighted by Crippen LogP contribution is -2.09. The predicted octanol–water partition coefficient (Wildman–Crippen LogP) is 7.62. The van der Waals surface area contributed by atoms with Crippen molar-refractivity contribution in [3.8, 4) is 0 Å². The summed E-state index contributed by atoms with van der Waals surface area (Å²) in [5, 5.41) is 0. The van der Waals surface area contributed by atoms with Crippen molar-refractivity contribution >= 4 is 0 Å². The molecule has 0 radical (unpaired) electrons. The van der Waals surface area contributed by atoms with Crippen LogP contribution in [0.2, 0.25) is 0 Å². The van der Waals surface area contributed by atoms with Gasteiger partial charge in [-0.1, -0.05) is 80.5 Å². The van der Waals surface area contributed by atoms with Crippen LogP contribution in [0, 0.1) is 16.2 Å². The molecule has 1 aromatic rings. The molecule has 0 saturated carbocycles. The number of benzene rings is 1. The van der Waals surface area contributed by atoms with Crippen molar-refractivity contribution in [1.82, 2.24) is 0 Å². The van der Waals surface area contributed by atoms with Gasteiger partial charge in [0.1, 0.15) is 0 Å². The lowest BCUT2D eigenvalue weighted by atomic mass is 9.84. The van der Waals surface area contributed by atoms with Crippen LogP contribution in [0.3, 0.4) is 0 Å². The summed E-state index contributed by atoms with van der Waals surface area (Å²) in [4.78, 5) is 0. The molecule has 0 aliphatic rings. The molecule has 0 spiro atoms. The Kier molecular flexibility index (Phi) is 7.15.